The summed E-state index contributed by atoms with van der Waals surface area (Å²) in [7, 11) is 0. The summed E-state index contributed by atoms with van der Waals surface area (Å²) in [5, 5.41) is 12.7. The van der Waals surface area contributed by atoms with E-state index in [9.17, 15) is 9.90 Å². The average Bonchev–Trinajstić information content (AvgIpc) is 2.57. The molecule has 1 atom stereocenters. The monoisotopic (exact) mass is 311 g/mol. The van der Waals surface area contributed by atoms with Crippen molar-refractivity contribution in [3.63, 3.8) is 0 Å². The van der Waals surface area contributed by atoms with Crippen molar-refractivity contribution in [3.8, 4) is 0 Å². The number of nitrogens with one attached hydrogen (secondary N) is 1. The summed E-state index contributed by atoms with van der Waals surface area (Å²) in [6.45, 7) is 0. The van der Waals surface area contributed by atoms with Crippen molar-refractivity contribution in [2.24, 2.45) is 5.92 Å². The fourth-order valence-corrected chi connectivity index (χ4v) is 2.94. The molecule has 1 aliphatic rings. The Hall–Kier alpha value is -2.27. The number of amides is 1. The number of aryl methyl sites for hydroxylation is 1. The third-order valence-corrected chi connectivity index (χ3v) is 4.31. The fourth-order valence-electron chi connectivity index (χ4n) is 2.94. The zero-order valence-corrected chi connectivity index (χ0v) is 12.9. The first-order chi connectivity index (χ1) is 11.2. The van der Waals surface area contributed by atoms with E-state index in [1.54, 1.807) is 18.6 Å². The van der Waals surface area contributed by atoms with E-state index in [1.807, 2.05) is 30.3 Å². The molecule has 1 unspecified atom stereocenters. The van der Waals surface area contributed by atoms with E-state index >= 15 is 0 Å². The smallest absolute Gasteiger partial charge is 0.220 e. The third-order valence-electron chi connectivity index (χ3n) is 4.31. The summed E-state index contributed by atoms with van der Waals surface area (Å²) in [5.74, 6) is 0.258. The second kappa shape index (κ2) is 7.33. The number of aromatic nitrogens is 2. The molecular weight excluding hydrogens is 290 g/mol. The minimum Gasteiger partial charge on any atom is -0.393 e. The molecule has 3 rings (SSSR count). The van der Waals surface area contributed by atoms with Crippen molar-refractivity contribution in [2.75, 3.05) is 0 Å². The Labute approximate surface area is 135 Å². The summed E-state index contributed by atoms with van der Waals surface area (Å²) in [6, 6.07) is 9.43. The third kappa shape index (κ3) is 4.13. The van der Waals surface area contributed by atoms with Crippen LogP contribution in [0.4, 0.5) is 0 Å². The number of hydrogen-bond donors (Lipinski definition) is 2. The number of pyridine rings is 2. The number of hydrogen-bond acceptors (Lipinski definition) is 4. The van der Waals surface area contributed by atoms with Crippen LogP contribution in [0.15, 0.2) is 48.9 Å². The van der Waals surface area contributed by atoms with E-state index < -0.39 is 0 Å². The molecule has 0 aromatic carbocycles. The van der Waals surface area contributed by atoms with Gasteiger partial charge in [-0.3, -0.25) is 14.8 Å². The molecule has 0 saturated heterocycles. The number of nitrogens with zero attached hydrogens (tertiary/aromatic N) is 2. The summed E-state index contributed by atoms with van der Waals surface area (Å²) in [4.78, 5) is 20.7. The molecule has 0 aliphatic heterocycles. The van der Waals surface area contributed by atoms with Crippen LogP contribution in [-0.4, -0.2) is 27.1 Å². The summed E-state index contributed by atoms with van der Waals surface area (Å²) >= 11 is 0. The van der Waals surface area contributed by atoms with Crippen LogP contribution < -0.4 is 5.32 Å². The van der Waals surface area contributed by atoms with Gasteiger partial charge in [0.1, 0.15) is 0 Å². The Morgan fingerprint density at radius 1 is 1.26 bits per heavy atom. The lowest BCUT2D eigenvalue weighted by molar-refractivity contribution is -0.123. The molecule has 1 amide bonds. The molecule has 1 fully saturated rings. The lowest BCUT2D eigenvalue weighted by Crippen LogP contribution is -2.41. The lowest BCUT2D eigenvalue weighted by atomic mass is 9.76. The van der Waals surface area contributed by atoms with Crippen LogP contribution in [-0.2, 0) is 11.2 Å². The zero-order chi connectivity index (χ0) is 16.1. The Balaban J connectivity index is 1.60. The number of aliphatic hydroxyl groups excluding tert-OH is 1. The van der Waals surface area contributed by atoms with E-state index in [2.05, 4.69) is 15.3 Å². The fraction of sp³-hybridized carbons (Fsp3) is 0.389. The molecule has 1 saturated carbocycles. The van der Waals surface area contributed by atoms with E-state index in [4.69, 9.17) is 0 Å². The highest BCUT2D eigenvalue weighted by Gasteiger charge is 2.36. The zero-order valence-electron chi connectivity index (χ0n) is 12.9. The molecule has 0 bridgehead atoms. The van der Waals surface area contributed by atoms with E-state index in [0.717, 1.165) is 11.3 Å². The molecule has 2 aromatic heterocycles. The average molecular weight is 311 g/mol. The highest BCUT2D eigenvalue weighted by molar-refractivity contribution is 5.76. The molecule has 2 heterocycles. The number of carbonyl (C=O) groups is 1. The molecule has 5 nitrogen and oxygen atoms in total. The highest BCUT2D eigenvalue weighted by Crippen LogP contribution is 2.37. The van der Waals surface area contributed by atoms with Gasteiger partial charge in [0.05, 0.1) is 17.8 Å². The molecule has 5 heteroatoms. The number of aliphatic hydroxyl groups is 1. The molecule has 2 aromatic rings. The first-order valence-corrected chi connectivity index (χ1v) is 7.99. The summed E-state index contributed by atoms with van der Waals surface area (Å²) < 4.78 is 0. The Kier molecular flexibility index (Phi) is 4.98. The van der Waals surface area contributed by atoms with Crippen LogP contribution in [0.25, 0.3) is 0 Å². The van der Waals surface area contributed by atoms with Crippen LogP contribution in [0.2, 0.25) is 0 Å². The van der Waals surface area contributed by atoms with Gasteiger partial charge in [0.15, 0.2) is 0 Å². The van der Waals surface area contributed by atoms with Crippen LogP contribution in [0.3, 0.4) is 0 Å². The van der Waals surface area contributed by atoms with Crippen molar-refractivity contribution in [1.82, 2.24) is 15.3 Å². The molecule has 2 N–H and O–H groups in total. The first-order valence-electron chi connectivity index (χ1n) is 7.99. The summed E-state index contributed by atoms with van der Waals surface area (Å²) in [6.07, 6.45) is 7.51. The van der Waals surface area contributed by atoms with Crippen molar-refractivity contribution >= 4 is 5.91 Å². The molecule has 0 spiro atoms. The lowest BCUT2D eigenvalue weighted by Gasteiger charge is -2.37. The maximum Gasteiger partial charge on any atom is 0.220 e. The predicted molar refractivity (Wildman–Crippen MR) is 86.4 cm³/mol. The van der Waals surface area contributed by atoms with Gasteiger partial charge >= 0.3 is 0 Å². The largest absolute Gasteiger partial charge is 0.393 e. The van der Waals surface area contributed by atoms with E-state index in [1.165, 1.54) is 0 Å². The second-order valence-electron chi connectivity index (χ2n) is 6.05. The van der Waals surface area contributed by atoms with Gasteiger partial charge in [-0.1, -0.05) is 12.1 Å². The summed E-state index contributed by atoms with van der Waals surface area (Å²) in [5.41, 5.74) is 1.91. The van der Waals surface area contributed by atoms with Crippen molar-refractivity contribution in [1.29, 1.82) is 0 Å². The topological polar surface area (TPSA) is 75.1 Å². The van der Waals surface area contributed by atoms with Gasteiger partial charge in [-0.2, -0.15) is 0 Å². The molecule has 0 radical (unpaired) electrons. The Morgan fingerprint density at radius 2 is 2.13 bits per heavy atom. The minimum atomic E-state index is -0.251. The molecular formula is C18H21N3O2. The van der Waals surface area contributed by atoms with Crippen molar-refractivity contribution in [3.05, 3.63) is 60.2 Å². The van der Waals surface area contributed by atoms with Crippen LogP contribution in [0, 0.1) is 5.92 Å². The normalized spacial score (nSPS) is 21.3. The first kappa shape index (κ1) is 15.6. The quantitative estimate of drug-likeness (QED) is 0.856. The SMILES string of the molecule is O=C(CCc1cccnc1)NC(c1ccccn1)C1CC(O)C1. The highest BCUT2D eigenvalue weighted by atomic mass is 16.3. The Morgan fingerprint density at radius 3 is 2.78 bits per heavy atom. The van der Waals surface area contributed by atoms with Gasteiger partial charge in [0, 0.05) is 25.0 Å². The van der Waals surface area contributed by atoms with E-state index in [-0.39, 0.29) is 24.0 Å². The molecule has 23 heavy (non-hydrogen) atoms. The van der Waals surface area contributed by atoms with Gasteiger partial charge < -0.3 is 10.4 Å². The number of rotatable bonds is 6. The predicted octanol–water partition coefficient (Wildman–Crippen LogP) is 2.04. The van der Waals surface area contributed by atoms with Crippen LogP contribution in [0.5, 0.6) is 0 Å². The van der Waals surface area contributed by atoms with Gasteiger partial charge in [0.25, 0.3) is 0 Å². The Bertz CT molecular complexity index is 627. The van der Waals surface area contributed by atoms with Gasteiger partial charge in [-0.25, -0.2) is 0 Å². The minimum absolute atomic E-state index is 0.00546. The number of carbonyl (C=O) groups excluding carboxylic acids is 1. The molecule has 120 valence electrons. The molecule has 1 aliphatic carbocycles. The maximum absolute atomic E-state index is 12.3. The van der Waals surface area contributed by atoms with Gasteiger partial charge in [-0.05, 0) is 48.9 Å². The van der Waals surface area contributed by atoms with E-state index in [0.29, 0.717) is 25.7 Å². The van der Waals surface area contributed by atoms with Crippen LogP contribution in [0.1, 0.15) is 36.6 Å². The van der Waals surface area contributed by atoms with Gasteiger partial charge in [-0.15, -0.1) is 0 Å². The van der Waals surface area contributed by atoms with Gasteiger partial charge in [0.2, 0.25) is 5.91 Å². The second-order valence-corrected chi connectivity index (χ2v) is 6.05. The van der Waals surface area contributed by atoms with Crippen molar-refractivity contribution in [2.45, 2.75) is 37.8 Å². The van der Waals surface area contributed by atoms with Crippen molar-refractivity contribution < 1.29 is 9.90 Å². The standard InChI is InChI=1S/C18H21N3O2/c22-15-10-14(11-15)18(16-5-1-2-9-20-16)21-17(23)7-6-13-4-3-8-19-12-13/h1-5,8-9,12,14-15,18,22H,6-7,10-11H2,(H,21,23). The van der Waals surface area contributed by atoms with Crippen LogP contribution >= 0.6 is 0 Å². The maximum atomic E-state index is 12.3.